The molecule has 0 fully saturated rings. The molecular formula is C28H34N2O3. The van der Waals surface area contributed by atoms with Crippen molar-refractivity contribution < 1.29 is 14.3 Å². The Morgan fingerprint density at radius 2 is 1.67 bits per heavy atom. The van der Waals surface area contributed by atoms with E-state index in [2.05, 4.69) is 41.8 Å². The Balaban J connectivity index is 1.50. The van der Waals surface area contributed by atoms with E-state index in [-0.39, 0.29) is 12.5 Å². The van der Waals surface area contributed by atoms with Crippen LogP contribution in [0.25, 0.3) is 0 Å². The summed E-state index contributed by atoms with van der Waals surface area (Å²) in [4.78, 5) is 12.3. The van der Waals surface area contributed by atoms with Gasteiger partial charge in [-0.25, -0.2) is 0 Å². The Hall–Kier alpha value is -3.31. The van der Waals surface area contributed by atoms with Gasteiger partial charge in [0.05, 0.1) is 6.61 Å². The van der Waals surface area contributed by atoms with Crippen LogP contribution in [-0.2, 0) is 17.8 Å². The average molecular weight is 447 g/mol. The van der Waals surface area contributed by atoms with Gasteiger partial charge in [-0.15, -0.1) is 0 Å². The van der Waals surface area contributed by atoms with Crippen molar-refractivity contribution in [1.82, 2.24) is 5.32 Å². The molecule has 3 rings (SSSR count). The van der Waals surface area contributed by atoms with Gasteiger partial charge in [-0.2, -0.15) is 0 Å². The molecule has 0 unspecified atom stereocenters. The van der Waals surface area contributed by atoms with Crippen LogP contribution in [0.1, 0.15) is 37.0 Å². The zero-order valence-electron chi connectivity index (χ0n) is 19.8. The molecule has 1 amide bonds. The molecule has 0 aliphatic carbocycles. The fraction of sp³-hybridized carbons (Fsp3) is 0.321. The molecule has 3 aromatic carbocycles. The third-order valence-corrected chi connectivity index (χ3v) is 5.37. The highest BCUT2D eigenvalue weighted by molar-refractivity contribution is 5.91. The molecule has 0 heterocycles. The van der Waals surface area contributed by atoms with Crippen LogP contribution in [0.15, 0.2) is 72.8 Å². The zero-order chi connectivity index (χ0) is 23.5. The number of ether oxygens (including phenoxy) is 2. The minimum atomic E-state index is -0.209. The summed E-state index contributed by atoms with van der Waals surface area (Å²) in [6, 6.07) is 24.5. The van der Waals surface area contributed by atoms with E-state index < -0.39 is 0 Å². The predicted molar refractivity (Wildman–Crippen MR) is 134 cm³/mol. The van der Waals surface area contributed by atoms with Crippen LogP contribution in [0.3, 0.4) is 0 Å². The van der Waals surface area contributed by atoms with Crippen LogP contribution < -0.4 is 20.1 Å². The predicted octanol–water partition coefficient (Wildman–Crippen LogP) is 5.52. The van der Waals surface area contributed by atoms with Crippen molar-refractivity contribution in [3.63, 3.8) is 0 Å². The minimum absolute atomic E-state index is 0.0813. The lowest BCUT2D eigenvalue weighted by Crippen LogP contribution is -2.26. The lowest BCUT2D eigenvalue weighted by Gasteiger charge is -2.16. The highest BCUT2D eigenvalue weighted by atomic mass is 16.5. The molecule has 0 spiro atoms. The van der Waals surface area contributed by atoms with E-state index >= 15 is 0 Å². The Kier molecular flexibility index (Phi) is 9.33. The topological polar surface area (TPSA) is 59.6 Å². The third kappa shape index (κ3) is 8.28. The summed E-state index contributed by atoms with van der Waals surface area (Å²) in [6.07, 6.45) is 2.12. The number of hydrogen-bond acceptors (Lipinski definition) is 4. The van der Waals surface area contributed by atoms with E-state index in [1.165, 1.54) is 5.56 Å². The highest BCUT2D eigenvalue weighted by Crippen LogP contribution is 2.28. The molecule has 0 aliphatic rings. The maximum atomic E-state index is 12.3. The molecule has 3 aromatic rings. The molecule has 1 atom stereocenters. The Bertz CT molecular complexity index is 1000. The van der Waals surface area contributed by atoms with E-state index in [9.17, 15) is 4.79 Å². The van der Waals surface area contributed by atoms with E-state index in [0.29, 0.717) is 24.1 Å². The molecule has 0 aliphatic heterocycles. The van der Waals surface area contributed by atoms with Crippen molar-refractivity contribution in [1.29, 1.82) is 0 Å². The van der Waals surface area contributed by atoms with E-state index in [0.717, 1.165) is 36.2 Å². The first-order valence-electron chi connectivity index (χ1n) is 11.6. The van der Waals surface area contributed by atoms with E-state index in [4.69, 9.17) is 9.47 Å². The SMILES string of the molecule is CCOc1cc(CN[C@H](C)CCc2ccccc2)ccc1OCC(=O)Nc1ccc(C)cc1. The number of aryl methyl sites for hydroxylation is 2. The van der Waals surface area contributed by atoms with Crippen molar-refractivity contribution in [2.45, 2.75) is 46.2 Å². The minimum Gasteiger partial charge on any atom is -0.490 e. The number of benzene rings is 3. The summed E-state index contributed by atoms with van der Waals surface area (Å²) in [5.74, 6) is 1.01. The van der Waals surface area contributed by atoms with Crippen LogP contribution in [0, 0.1) is 6.92 Å². The molecule has 0 saturated carbocycles. The molecule has 5 heteroatoms. The maximum Gasteiger partial charge on any atom is 0.262 e. The second-order valence-electron chi connectivity index (χ2n) is 8.22. The first-order chi connectivity index (χ1) is 16.0. The van der Waals surface area contributed by atoms with Gasteiger partial charge in [0.2, 0.25) is 0 Å². The quantitative estimate of drug-likeness (QED) is 0.384. The Morgan fingerprint density at radius 3 is 2.39 bits per heavy atom. The van der Waals surface area contributed by atoms with Crippen LogP contribution >= 0.6 is 0 Å². The van der Waals surface area contributed by atoms with Gasteiger partial charge in [0.1, 0.15) is 0 Å². The highest BCUT2D eigenvalue weighted by Gasteiger charge is 2.11. The van der Waals surface area contributed by atoms with Gasteiger partial charge in [-0.05, 0) is 69.0 Å². The lowest BCUT2D eigenvalue weighted by molar-refractivity contribution is -0.118. The number of amides is 1. The first-order valence-corrected chi connectivity index (χ1v) is 11.6. The van der Waals surface area contributed by atoms with Crippen molar-refractivity contribution in [2.24, 2.45) is 0 Å². The summed E-state index contributed by atoms with van der Waals surface area (Å²) in [6.45, 7) is 7.33. The first kappa shape index (κ1) is 24.3. The molecule has 0 bridgehead atoms. The lowest BCUT2D eigenvalue weighted by atomic mass is 10.1. The average Bonchev–Trinajstić information content (AvgIpc) is 2.83. The maximum absolute atomic E-state index is 12.3. The second-order valence-corrected chi connectivity index (χ2v) is 8.22. The molecule has 0 aromatic heterocycles. The van der Waals surface area contributed by atoms with Gasteiger partial charge >= 0.3 is 0 Å². The summed E-state index contributed by atoms with van der Waals surface area (Å²) in [5.41, 5.74) is 4.37. The molecule has 174 valence electrons. The van der Waals surface area contributed by atoms with Crippen LogP contribution in [0.5, 0.6) is 11.5 Å². The van der Waals surface area contributed by atoms with Gasteiger partial charge in [0.15, 0.2) is 18.1 Å². The van der Waals surface area contributed by atoms with Crippen LogP contribution in [-0.4, -0.2) is 25.2 Å². The van der Waals surface area contributed by atoms with Crippen molar-refractivity contribution in [3.8, 4) is 11.5 Å². The summed E-state index contributed by atoms with van der Waals surface area (Å²) < 4.78 is 11.5. The Labute approximate surface area is 197 Å². The number of nitrogens with one attached hydrogen (secondary N) is 2. The van der Waals surface area contributed by atoms with Gasteiger partial charge in [-0.1, -0.05) is 54.1 Å². The summed E-state index contributed by atoms with van der Waals surface area (Å²) >= 11 is 0. The van der Waals surface area contributed by atoms with Gasteiger partial charge in [0.25, 0.3) is 5.91 Å². The molecule has 0 saturated heterocycles. The van der Waals surface area contributed by atoms with Crippen molar-refractivity contribution in [3.05, 3.63) is 89.5 Å². The fourth-order valence-electron chi connectivity index (χ4n) is 3.45. The standard InChI is InChI=1S/C28H34N2O3/c1-4-32-27-18-24(19-29-22(3)12-13-23-8-6-5-7-9-23)14-17-26(27)33-20-28(31)30-25-15-10-21(2)11-16-25/h5-11,14-18,22,29H,4,12-13,19-20H2,1-3H3,(H,30,31)/t22-/m1/s1. The van der Waals surface area contributed by atoms with Crippen LogP contribution in [0.2, 0.25) is 0 Å². The van der Waals surface area contributed by atoms with E-state index in [1.54, 1.807) is 0 Å². The van der Waals surface area contributed by atoms with Gasteiger partial charge < -0.3 is 20.1 Å². The molecule has 33 heavy (non-hydrogen) atoms. The second kappa shape index (κ2) is 12.7. The third-order valence-electron chi connectivity index (χ3n) is 5.37. The summed E-state index contributed by atoms with van der Waals surface area (Å²) in [7, 11) is 0. The van der Waals surface area contributed by atoms with Crippen molar-refractivity contribution >= 4 is 11.6 Å². The van der Waals surface area contributed by atoms with Gasteiger partial charge in [-0.3, -0.25) is 4.79 Å². The molecule has 5 nitrogen and oxygen atoms in total. The van der Waals surface area contributed by atoms with E-state index in [1.807, 2.05) is 62.4 Å². The summed E-state index contributed by atoms with van der Waals surface area (Å²) in [5, 5.41) is 6.42. The molecule has 2 N–H and O–H groups in total. The largest absolute Gasteiger partial charge is 0.490 e. The zero-order valence-corrected chi connectivity index (χ0v) is 19.8. The molecular weight excluding hydrogens is 412 g/mol. The normalized spacial score (nSPS) is 11.6. The fourth-order valence-corrected chi connectivity index (χ4v) is 3.45. The van der Waals surface area contributed by atoms with Crippen molar-refractivity contribution in [2.75, 3.05) is 18.5 Å². The number of rotatable bonds is 12. The number of anilines is 1. The van der Waals surface area contributed by atoms with Gasteiger partial charge in [0, 0.05) is 18.3 Å². The number of hydrogen-bond donors (Lipinski definition) is 2. The smallest absolute Gasteiger partial charge is 0.262 e. The molecule has 0 radical (unpaired) electrons. The monoisotopic (exact) mass is 446 g/mol. The number of carbonyl (C=O) groups excluding carboxylic acids is 1. The van der Waals surface area contributed by atoms with Crippen LogP contribution in [0.4, 0.5) is 5.69 Å². The number of carbonyl (C=O) groups is 1. The Morgan fingerprint density at radius 1 is 0.909 bits per heavy atom.